The summed E-state index contributed by atoms with van der Waals surface area (Å²) < 4.78 is 22.9. The van der Waals surface area contributed by atoms with Crippen LogP contribution in [0.2, 0.25) is 0 Å². The van der Waals surface area contributed by atoms with Crippen molar-refractivity contribution in [1.82, 2.24) is 5.32 Å². The van der Waals surface area contributed by atoms with Crippen molar-refractivity contribution in [3.05, 3.63) is 29.8 Å². The Hall–Kier alpha value is -0.910. The fraction of sp³-hybridized carbons (Fsp3) is 0.667. The molecule has 1 fully saturated rings. The molecule has 0 radical (unpaired) electrons. The Bertz CT molecular complexity index is 583. The van der Waals surface area contributed by atoms with E-state index in [-0.39, 0.29) is 12.1 Å². The topological polar surface area (TPSA) is 66.4 Å². The van der Waals surface area contributed by atoms with E-state index < -0.39 is 9.84 Å². The average molecular weight is 340 g/mol. The molecule has 130 valence electrons. The van der Waals surface area contributed by atoms with Gasteiger partial charge in [0.2, 0.25) is 0 Å². The zero-order valence-corrected chi connectivity index (χ0v) is 15.0. The minimum Gasteiger partial charge on any atom is -0.393 e. The lowest BCUT2D eigenvalue weighted by Crippen LogP contribution is -2.26. The molecule has 0 aliphatic heterocycles. The molecule has 0 bridgehead atoms. The standard InChI is InChI=1S/C18H29NO3S/c1-14(15-9-11-17(12-10-15)23(2,21)22)19-13-5-7-16-6-3-4-8-18(16)20/h9-12,14,16,18-20H,3-8,13H2,1-2H3. The van der Waals surface area contributed by atoms with Gasteiger partial charge in [-0.1, -0.05) is 25.0 Å². The summed E-state index contributed by atoms with van der Waals surface area (Å²) in [6, 6.07) is 7.28. The largest absolute Gasteiger partial charge is 0.393 e. The van der Waals surface area contributed by atoms with Gasteiger partial charge in [-0.25, -0.2) is 8.42 Å². The molecule has 23 heavy (non-hydrogen) atoms. The van der Waals surface area contributed by atoms with Crippen LogP contribution in [0.25, 0.3) is 0 Å². The number of aliphatic hydroxyl groups is 1. The average Bonchev–Trinajstić information content (AvgIpc) is 2.52. The first-order valence-corrected chi connectivity index (χ1v) is 10.5. The number of hydrogen-bond donors (Lipinski definition) is 2. The van der Waals surface area contributed by atoms with Crippen LogP contribution >= 0.6 is 0 Å². The van der Waals surface area contributed by atoms with Crippen LogP contribution in [0.5, 0.6) is 0 Å². The van der Waals surface area contributed by atoms with Crippen LogP contribution in [0, 0.1) is 5.92 Å². The molecular formula is C18H29NO3S. The Morgan fingerprint density at radius 2 is 1.87 bits per heavy atom. The molecular weight excluding hydrogens is 310 g/mol. The van der Waals surface area contributed by atoms with Crippen LogP contribution in [0.3, 0.4) is 0 Å². The van der Waals surface area contributed by atoms with Crippen LogP contribution in [0.4, 0.5) is 0 Å². The van der Waals surface area contributed by atoms with E-state index >= 15 is 0 Å². The van der Waals surface area contributed by atoms with Crippen molar-refractivity contribution in [2.24, 2.45) is 5.92 Å². The predicted octanol–water partition coefficient (Wildman–Crippen LogP) is 3.07. The van der Waals surface area contributed by atoms with Gasteiger partial charge in [-0.3, -0.25) is 0 Å². The van der Waals surface area contributed by atoms with Crippen LogP contribution in [0.1, 0.15) is 57.1 Å². The number of hydrogen-bond acceptors (Lipinski definition) is 4. The molecule has 5 heteroatoms. The highest BCUT2D eigenvalue weighted by Crippen LogP contribution is 2.27. The lowest BCUT2D eigenvalue weighted by Gasteiger charge is -2.27. The molecule has 3 unspecified atom stereocenters. The molecule has 1 aliphatic carbocycles. The molecule has 1 aliphatic rings. The van der Waals surface area contributed by atoms with E-state index in [4.69, 9.17) is 0 Å². The van der Waals surface area contributed by atoms with E-state index in [0.717, 1.165) is 44.2 Å². The Kier molecular flexibility index (Phi) is 6.62. The summed E-state index contributed by atoms with van der Waals surface area (Å²) in [6.45, 7) is 3.00. The van der Waals surface area contributed by atoms with Crippen molar-refractivity contribution in [2.75, 3.05) is 12.8 Å². The fourth-order valence-corrected chi connectivity index (χ4v) is 3.96. The number of sulfone groups is 1. The second kappa shape index (κ2) is 8.27. The van der Waals surface area contributed by atoms with Crippen LogP contribution in [0.15, 0.2) is 29.2 Å². The Labute approximate surface area is 140 Å². The van der Waals surface area contributed by atoms with Crippen LogP contribution < -0.4 is 5.32 Å². The van der Waals surface area contributed by atoms with Crippen molar-refractivity contribution in [3.8, 4) is 0 Å². The lowest BCUT2D eigenvalue weighted by molar-refractivity contribution is 0.0642. The summed E-state index contributed by atoms with van der Waals surface area (Å²) >= 11 is 0. The van der Waals surface area contributed by atoms with Crippen molar-refractivity contribution in [3.63, 3.8) is 0 Å². The van der Waals surface area contributed by atoms with Gasteiger partial charge in [-0.05, 0) is 62.8 Å². The molecule has 4 nitrogen and oxygen atoms in total. The van der Waals surface area contributed by atoms with Gasteiger partial charge in [0.15, 0.2) is 9.84 Å². The van der Waals surface area contributed by atoms with Crippen molar-refractivity contribution in [1.29, 1.82) is 0 Å². The summed E-state index contributed by atoms with van der Waals surface area (Å²) in [5.74, 6) is 0.468. The Morgan fingerprint density at radius 3 is 2.48 bits per heavy atom. The van der Waals surface area contributed by atoms with E-state index in [1.165, 1.54) is 12.7 Å². The summed E-state index contributed by atoms with van der Waals surface area (Å²) in [5.41, 5.74) is 1.09. The van der Waals surface area contributed by atoms with Gasteiger partial charge in [-0.15, -0.1) is 0 Å². The molecule has 1 aromatic carbocycles. The second-order valence-corrected chi connectivity index (χ2v) is 8.79. The fourth-order valence-electron chi connectivity index (χ4n) is 3.33. The zero-order valence-electron chi connectivity index (χ0n) is 14.2. The van der Waals surface area contributed by atoms with Gasteiger partial charge < -0.3 is 10.4 Å². The first-order valence-electron chi connectivity index (χ1n) is 8.59. The molecule has 1 saturated carbocycles. The number of aliphatic hydroxyl groups excluding tert-OH is 1. The number of rotatable bonds is 7. The molecule has 0 amide bonds. The minimum atomic E-state index is -3.13. The monoisotopic (exact) mass is 339 g/mol. The first kappa shape index (κ1) is 18.4. The molecule has 0 heterocycles. The Balaban J connectivity index is 1.75. The van der Waals surface area contributed by atoms with Gasteiger partial charge in [0.1, 0.15) is 0 Å². The molecule has 2 N–H and O–H groups in total. The molecule has 0 spiro atoms. The molecule has 2 rings (SSSR count). The predicted molar refractivity (Wildman–Crippen MR) is 93.2 cm³/mol. The van der Waals surface area contributed by atoms with Gasteiger partial charge in [0, 0.05) is 12.3 Å². The highest BCUT2D eigenvalue weighted by atomic mass is 32.2. The quantitative estimate of drug-likeness (QED) is 0.749. The maximum atomic E-state index is 11.5. The minimum absolute atomic E-state index is 0.107. The summed E-state index contributed by atoms with van der Waals surface area (Å²) in [6.07, 6.45) is 7.79. The maximum Gasteiger partial charge on any atom is 0.175 e. The highest BCUT2D eigenvalue weighted by molar-refractivity contribution is 7.90. The number of nitrogens with one attached hydrogen (secondary N) is 1. The van der Waals surface area contributed by atoms with Crippen molar-refractivity contribution >= 4 is 9.84 Å². The van der Waals surface area contributed by atoms with Crippen LogP contribution in [-0.4, -0.2) is 32.4 Å². The SMILES string of the molecule is CC(NCCCC1CCCCC1O)c1ccc(S(C)(=O)=O)cc1. The molecule has 0 aromatic heterocycles. The van der Waals surface area contributed by atoms with E-state index in [9.17, 15) is 13.5 Å². The summed E-state index contributed by atoms with van der Waals surface area (Å²) in [4.78, 5) is 0.361. The van der Waals surface area contributed by atoms with E-state index in [1.807, 2.05) is 12.1 Å². The zero-order chi connectivity index (χ0) is 16.9. The lowest BCUT2D eigenvalue weighted by atomic mass is 9.83. The smallest absolute Gasteiger partial charge is 0.175 e. The van der Waals surface area contributed by atoms with Gasteiger partial charge in [0.25, 0.3) is 0 Å². The van der Waals surface area contributed by atoms with Gasteiger partial charge in [-0.2, -0.15) is 0 Å². The summed E-state index contributed by atoms with van der Waals surface area (Å²) in [7, 11) is -3.13. The molecule has 1 aromatic rings. The normalized spacial score (nSPS) is 23.6. The number of benzene rings is 1. The Morgan fingerprint density at radius 1 is 1.22 bits per heavy atom. The van der Waals surface area contributed by atoms with E-state index in [1.54, 1.807) is 12.1 Å². The third-order valence-electron chi connectivity index (χ3n) is 4.88. The van der Waals surface area contributed by atoms with Crippen molar-refractivity contribution < 1.29 is 13.5 Å². The highest BCUT2D eigenvalue weighted by Gasteiger charge is 2.22. The van der Waals surface area contributed by atoms with E-state index in [0.29, 0.717) is 10.8 Å². The molecule has 3 atom stereocenters. The maximum absolute atomic E-state index is 11.5. The van der Waals surface area contributed by atoms with Gasteiger partial charge >= 0.3 is 0 Å². The van der Waals surface area contributed by atoms with Gasteiger partial charge in [0.05, 0.1) is 11.0 Å². The summed E-state index contributed by atoms with van der Waals surface area (Å²) in [5, 5.41) is 13.5. The first-order chi connectivity index (χ1) is 10.9. The van der Waals surface area contributed by atoms with Crippen LogP contribution in [-0.2, 0) is 9.84 Å². The third kappa shape index (κ3) is 5.59. The van der Waals surface area contributed by atoms with E-state index in [2.05, 4.69) is 12.2 Å². The third-order valence-corrected chi connectivity index (χ3v) is 6.01. The van der Waals surface area contributed by atoms with Crippen molar-refractivity contribution in [2.45, 2.75) is 62.5 Å². The molecule has 0 saturated heterocycles. The second-order valence-electron chi connectivity index (χ2n) is 6.77.